The van der Waals surface area contributed by atoms with Crippen molar-refractivity contribution in [3.05, 3.63) is 12.7 Å². The first-order valence-corrected chi connectivity index (χ1v) is 11.3. The molecule has 0 aliphatic rings. The van der Waals surface area contributed by atoms with Crippen LogP contribution in [0.2, 0.25) is 19.1 Å². The van der Waals surface area contributed by atoms with Crippen molar-refractivity contribution >= 4 is 25.3 Å². The molecule has 0 bridgehead atoms. The number of nitrogens with zero attached hydrogens (tertiary/aromatic N) is 4. The molecule has 2 aromatic rings. The minimum absolute atomic E-state index is 0.376. The number of nitrogens with two attached hydrogens (primary N) is 1. The Kier molecular flexibility index (Phi) is 6.08. The van der Waals surface area contributed by atoms with Crippen molar-refractivity contribution in [3.8, 4) is 0 Å². The lowest BCUT2D eigenvalue weighted by molar-refractivity contribution is 0.0921. The van der Waals surface area contributed by atoms with Crippen molar-refractivity contribution in [1.29, 1.82) is 0 Å². The zero-order valence-corrected chi connectivity index (χ0v) is 15.2. The fraction of sp³-hybridized carbons (Fsp3) is 0.667. The highest BCUT2D eigenvalue weighted by Gasteiger charge is 2.22. The largest absolute Gasteiger partial charge is 0.415 e. The van der Waals surface area contributed by atoms with Crippen LogP contribution in [0.3, 0.4) is 0 Å². The number of anilines is 1. The maximum atomic E-state index is 10.2. The Balaban J connectivity index is 1.84. The summed E-state index contributed by atoms with van der Waals surface area (Å²) in [5.41, 5.74) is 7.07. The highest BCUT2D eigenvalue weighted by atomic mass is 28.4. The first kappa shape index (κ1) is 17.8. The monoisotopic (exact) mass is 337 g/mol. The molecule has 0 radical (unpaired) electrons. The van der Waals surface area contributed by atoms with Gasteiger partial charge in [-0.1, -0.05) is 19.8 Å². The van der Waals surface area contributed by atoms with Crippen molar-refractivity contribution in [2.75, 3.05) is 12.3 Å². The van der Waals surface area contributed by atoms with Gasteiger partial charge in [-0.2, -0.15) is 0 Å². The zero-order chi connectivity index (χ0) is 16.9. The van der Waals surface area contributed by atoms with Gasteiger partial charge in [0, 0.05) is 6.54 Å². The Hall–Kier alpha value is -1.51. The SMILES string of the molecule is CCCC[Si](C)(C)OCC(O)CCn1cnc2c(N)ncnc21. The summed E-state index contributed by atoms with van der Waals surface area (Å²) in [4.78, 5) is 12.3. The molecule has 8 heteroatoms. The van der Waals surface area contributed by atoms with Crippen molar-refractivity contribution < 1.29 is 9.53 Å². The predicted molar refractivity (Wildman–Crippen MR) is 93.5 cm³/mol. The van der Waals surface area contributed by atoms with E-state index in [1.807, 2.05) is 4.57 Å². The summed E-state index contributed by atoms with van der Waals surface area (Å²) in [5, 5.41) is 10.2. The molecule has 128 valence electrons. The zero-order valence-electron chi connectivity index (χ0n) is 14.2. The van der Waals surface area contributed by atoms with E-state index in [4.69, 9.17) is 10.2 Å². The van der Waals surface area contributed by atoms with Gasteiger partial charge >= 0.3 is 0 Å². The topological polar surface area (TPSA) is 99.1 Å². The van der Waals surface area contributed by atoms with Crippen molar-refractivity contribution in [3.63, 3.8) is 0 Å². The van der Waals surface area contributed by atoms with E-state index in [-0.39, 0.29) is 0 Å². The highest BCUT2D eigenvalue weighted by molar-refractivity contribution is 6.71. The third-order valence-electron chi connectivity index (χ3n) is 3.93. The van der Waals surface area contributed by atoms with Crippen LogP contribution in [0.5, 0.6) is 0 Å². The number of imidazole rings is 1. The predicted octanol–water partition coefficient (Wildman–Crippen LogP) is 2.18. The Morgan fingerprint density at radius 2 is 2.13 bits per heavy atom. The highest BCUT2D eigenvalue weighted by Crippen LogP contribution is 2.17. The molecule has 0 aromatic carbocycles. The minimum Gasteiger partial charge on any atom is -0.415 e. The van der Waals surface area contributed by atoms with Crippen molar-refractivity contribution in [1.82, 2.24) is 19.5 Å². The molecule has 23 heavy (non-hydrogen) atoms. The van der Waals surface area contributed by atoms with Gasteiger partial charge in [0.05, 0.1) is 19.0 Å². The molecule has 2 rings (SSSR count). The van der Waals surface area contributed by atoms with Gasteiger partial charge in [0.15, 0.2) is 19.8 Å². The van der Waals surface area contributed by atoms with Gasteiger partial charge in [0.1, 0.15) is 11.8 Å². The van der Waals surface area contributed by atoms with E-state index < -0.39 is 14.4 Å². The first-order valence-electron chi connectivity index (χ1n) is 8.16. The number of hydrogen-bond donors (Lipinski definition) is 2. The second-order valence-electron chi connectivity index (χ2n) is 6.49. The summed E-state index contributed by atoms with van der Waals surface area (Å²) in [6, 6.07) is 1.14. The van der Waals surface area contributed by atoms with Crippen LogP contribution in [0.4, 0.5) is 5.82 Å². The summed E-state index contributed by atoms with van der Waals surface area (Å²) >= 11 is 0. The third kappa shape index (κ3) is 4.98. The fourth-order valence-corrected chi connectivity index (χ4v) is 4.42. The molecular weight excluding hydrogens is 310 g/mol. The van der Waals surface area contributed by atoms with Gasteiger partial charge in [-0.15, -0.1) is 0 Å². The first-order chi connectivity index (χ1) is 10.9. The number of unbranched alkanes of at least 4 members (excludes halogenated alkanes) is 1. The quantitative estimate of drug-likeness (QED) is 0.680. The molecule has 0 aliphatic heterocycles. The number of rotatable bonds is 9. The second-order valence-corrected chi connectivity index (χ2v) is 10.8. The summed E-state index contributed by atoms with van der Waals surface area (Å²) in [6.45, 7) is 7.61. The van der Waals surface area contributed by atoms with E-state index in [2.05, 4.69) is 35.0 Å². The number of aliphatic hydroxyl groups is 1. The van der Waals surface area contributed by atoms with Gasteiger partial charge in [-0.05, 0) is 25.6 Å². The Labute approximate surface area is 138 Å². The molecule has 1 atom stereocenters. The lowest BCUT2D eigenvalue weighted by Gasteiger charge is -2.24. The normalized spacial score (nSPS) is 13.6. The third-order valence-corrected chi connectivity index (χ3v) is 6.44. The summed E-state index contributed by atoms with van der Waals surface area (Å²) in [5.74, 6) is 0.376. The molecule has 0 spiro atoms. The number of fused-ring (bicyclic) bond motifs is 1. The average molecular weight is 338 g/mol. The van der Waals surface area contributed by atoms with Crippen LogP contribution in [-0.2, 0) is 11.0 Å². The van der Waals surface area contributed by atoms with Gasteiger partial charge in [0.25, 0.3) is 0 Å². The van der Waals surface area contributed by atoms with Crippen LogP contribution in [0.15, 0.2) is 12.7 Å². The molecule has 0 saturated heterocycles. The minimum atomic E-state index is -1.65. The summed E-state index contributed by atoms with van der Waals surface area (Å²) < 4.78 is 7.87. The van der Waals surface area contributed by atoms with Crippen LogP contribution < -0.4 is 5.73 Å². The Morgan fingerprint density at radius 3 is 2.87 bits per heavy atom. The molecule has 2 aromatic heterocycles. The van der Waals surface area contributed by atoms with E-state index in [1.165, 1.54) is 19.2 Å². The second kappa shape index (κ2) is 7.85. The number of aromatic nitrogens is 4. The molecule has 0 aliphatic carbocycles. The molecule has 3 N–H and O–H groups in total. The van der Waals surface area contributed by atoms with Gasteiger partial charge in [-0.25, -0.2) is 15.0 Å². The van der Waals surface area contributed by atoms with Gasteiger partial charge < -0.3 is 19.8 Å². The lowest BCUT2D eigenvalue weighted by atomic mass is 10.2. The fourth-order valence-electron chi connectivity index (χ4n) is 2.43. The summed E-state index contributed by atoms with van der Waals surface area (Å²) in [6.07, 6.45) is 5.59. The maximum Gasteiger partial charge on any atom is 0.186 e. The van der Waals surface area contributed by atoms with Crippen LogP contribution >= 0.6 is 0 Å². The van der Waals surface area contributed by atoms with E-state index in [1.54, 1.807) is 6.33 Å². The molecule has 7 nitrogen and oxygen atoms in total. The van der Waals surface area contributed by atoms with E-state index in [9.17, 15) is 5.11 Å². The number of nitrogen functional groups attached to an aromatic ring is 1. The molecule has 0 saturated carbocycles. The molecule has 0 fully saturated rings. The lowest BCUT2D eigenvalue weighted by Crippen LogP contribution is -2.34. The van der Waals surface area contributed by atoms with E-state index in [0.717, 1.165) is 6.04 Å². The van der Waals surface area contributed by atoms with Crippen LogP contribution in [0.1, 0.15) is 26.2 Å². The molecule has 1 unspecified atom stereocenters. The smallest absolute Gasteiger partial charge is 0.186 e. The number of aryl methyl sites for hydroxylation is 1. The van der Waals surface area contributed by atoms with Gasteiger partial charge in [-0.3, -0.25) is 0 Å². The van der Waals surface area contributed by atoms with Gasteiger partial charge in [0.2, 0.25) is 0 Å². The van der Waals surface area contributed by atoms with Crippen molar-refractivity contribution in [2.24, 2.45) is 0 Å². The Bertz CT molecular complexity index is 631. The number of hydrogen-bond acceptors (Lipinski definition) is 6. The molecule has 0 amide bonds. The number of aliphatic hydroxyl groups excluding tert-OH is 1. The van der Waals surface area contributed by atoms with Crippen LogP contribution in [-0.4, -0.2) is 45.7 Å². The van der Waals surface area contributed by atoms with Crippen LogP contribution in [0, 0.1) is 0 Å². The maximum absolute atomic E-state index is 10.2. The standard InChI is InChI=1S/C15H27N5O2Si/c1-4-5-8-23(2,3)22-9-12(21)6-7-20-11-19-13-14(16)17-10-18-15(13)20/h10-12,21H,4-9H2,1-3H3,(H2,16,17,18). The van der Waals surface area contributed by atoms with E-state index in [0.29, 0.717) is 36.6 Å². The molecule has 2 heterocycles. The van der Waals surface area contributed by atoms with E-state index >= 15 is 0 Å². The average Bonchev–Trinajstić information content (AvgIpc) is 2.94. The Morgan fingerprint density at radius 1 is 1.35 bits per heavy atom. The van der Waals surface area contributed by atoms with Crippen molar-refractivity contribution in [2.45, 2.75) is 58.0 Å². The molecular formula is C15H27N5O2Si. The summed E-state index contributed by atoms with van der Waals surface area (Å²) in [7, 11) is -1.65. The van der Waals surface area contributed by atoms with Crippen LogP contribution in [0.25, 0.3) is 11.2 Å².